The number of benzene rings is 1. The number of aryl methyl sites for hydroxylation is 1. The van der Waals surface area contributed by atoms with Crippen LogP contribution in [0.1, 0.15) is 12.6 Å². The van der Waals surface area contributed by atoms with Gasteiger partial charge in [0.25, 0.3) is 0 Å². The molecule has 0 aliphatic rings. The van der Waals surface area contributed by atoms with Crippen LogP contribution >= 0.6 is 23.1 Å². The van der Waals surface area contributed by atoms with Crippen LogP contribution in [0.3, 0.4) is 0 Å². The quantitative estimate of drug-likeness (QED) is 0.665. The number of nitrogens with zero attached hydrogens (tertiary/aromatic N) is 4. The number of hydrogen-bond donors (Lipinski definition) is 1. The number of methoxy groups -OCH3 is 1. The molecule has 0 unspecified atom stereocenters. The Kier molecular flexibility index (Phi) is 5.21. The van der Waals surface area contributed by atoms with E-state index in [1.165, 1.54) is 17.7 Å². The number of rotatable bonds is 6. The van der Waals surface area contributed by atoms with E-state index >= 15 is 0 Å². The smallest absolute Gasteiger partial charge is 0.211 e. The van der Waals surface area contributed by atoms with Gasteiger partial charge >= 0.3 is 0 Å². The van der Waals surface area contributed by atoms with E-state index in [4.69, 9.17) is 4.74 Å². The van der Waals surface area contributed by atoms with E-state index in [0.29, 0.717) is 27.3 Å². The monoisotopic (exact) mass is 363 g/mol. The molecule has 124 valence electrons. The van der Waals surface area contributed by atoms with Crippen LogP contribution in [0.4, 0.5) is 15.2 Å². The Bertz CT molecular complexity index is 842. The van der Waals surface area contributed by atoms with Crippen molar-refractivity contribution in [2.24, 2.45) is 0 Å². The maximum absolute atomic E-state index is 14.2. The molecule has 3 aromatic rings. The lowest BCUT2D eigenvalue weighted by Gasteiger charge is -2.07. The molecule has 0 spiro atoms. The number of aromatic nitrogens is 4. The van der Waals surface area contributed by atoms with Crippen molar-refractivity contribution >= 4 is 33.9 Å². The lowest BCUT2D eigenvalue weighted by molar-refractivity contribution is 0.417. The average molecular weight is 363 g/mol. The third kappa shape index (κ3) is 3.62. The second kappa shape index (κ2) is 7.54. The van der Waals surface area contributed by atoms with Crippen molar-refractivity contribution in [1.82, 2.24) is 20.2 Å². The normalized spacial score (nSPS) is 10.6. The highest BCUT2D eigenvalue weighted by Crippen LogP contribution is 2.35. The summed E-state index contributed by atoms with van der Waals surface area (Å²) >= 11 is 2.44. The number of ether oxygens (including phenoxy) is 1. The Hall–Kier alpha value is -2.26. The van der Waals surface area contributed by atoms with Gasteiger partial charge in [-0.1, -0.05) is 30.4 Å². The molecule has 0 radical (unpaired) electrons. The minimum atomic E-state index is -0.403. The highest BCUT2D eigenvalue weighted by molar-refractivity contribution is 8.01. The molecule has 2 aromatic heterocycles. The zero-order chi connectivity index (χ0) is 16.9. The standard InChI is InChI=1S/C15H14FN5OS2/c1-3-9-12(16)13(18-8-17-9)23-15-21-20-14(24-15)19-10-6-4-5-7-11(10)22-2/h4-8H,3H2,1-2H3,(H,19,20). The van der Waals surface area contributed by atoms with Crippen molar-refractivity contribution in [3.05, 3.63) is 42.1 Å². The number of para-hydroxylation sites is 2. The highest BCUT2D eigenvalue weighted by Gasteiger charge is 2.14. The summed E-state index contributed by atoms with van der Waals surface area (Å²) < 4.78 is 20.1. The molecule has 0 fully saturated rings. The fourth-order valence-electron chi connectivity index (χ4n) is 1.95. The molecule has 9 heteroatoms. The van der Waals surface area contributed by atoms with Crippen LogP contribution in [0.5, 0.6) is 5.75 Å². The molecular formula is C15H14FN5OS2. The molecule has 0 amide bonds. The predicted octanol–water partition coefficient (Wildman–Crippen LogP) is 3.93. The number of nitrogens with one attached hydrogen (secondary N) is 1. The Labute approximate surface area is 146 Å². The first kappa shape index (κ1) is 16.6. The van der Waals surface area contributed by atoms with Gasteiger partial charge in [-0.25, -0.2) is 14.4 Å². The van der Waals surface area contributed by atoms with Gasteiger partial charge in [-0.2, -0.15) is 0 Å². The molecule has 2 heterocycles. The first-order valence-corrected chi connectivity index (χ1v) is 8.75. The predicted molar refractivity (Wildman–Crippen MR) is 91.7 cm³/mol. The van der Waals surface area contributed by atoms with Crippen LogP contribution in [0.25, 0.3) is 0 Å². The van der Waals surface area contributed by atoms with Crippen LogP contribution in [-0.4, -0.2) is 27.3 Å². The van der Waals surface area contributed by atoms with Crippen LogP contribution in [0.15, 0.2) is 40.0 Å². The molecule has 24 heavy (non-hydrogen) atoms. The lowest BCUT2D eigenvalue weighted by atomic mass is 10.3. The Balaban J connectivity index is 1.77. The van der Waals surface area contributed by atoms with Gasteiger partial charge in [-0.15, -0.1) is 10.2 Å². The van der Waals surface area contributed by atoms with E-state index < -0.39 is 5.82 Å². The first-order chi connectivity index (χ1) is 11.7. The molecule has 0 saturated carbocycles. The van der Waals surface area contributed by atoms with Gasteiger partial charge in [0, 0.05) is 0 Å². The topological polar surface area (TPSA) is 72.8 Å². The van der Waals surface area contributed by atoms with Crippen molar-refractivity contribution in [2.75, 3.05) is 12.4 Å². The molecule has 0 aliphatic carbocycles. The molecule has 1 aromatic carbocycles. The molecule has 0 bridgehead atoms. The first-order valence-electron chi connectivity index (χ1n) is 7.12. The number of halogens is 1. The average Bonchev–Trinajstić information content (AvgIpc) is 3.04. The van der Waals surface area contributed by atoms with Gasteiger partial charge in [0.2, 0.25) is 5.13 Å². The van der Waals surface area contributed by atoms with Gasteiger partial charge in [0.15, 0.2) is 10.2 Å². The Morgan fingerprint density at radius 3 is 2.88 bits per heavy atom. The van der Waals surface area contributed by atoms with Gasteiger partial charge < -0.3 is 10.1 Å². The molecule has 6 nitrogen and oxygen atoms in total. The number of hydrogen-bond acceptors (Lipinski definition) is 8. The summed E-state index contributed by atoms with van der Waals surface area (Å²) in [7, 11) is 1.60. The summed E-state index contributed by atoms with van der Waals surface area (Å²) in [5.74, 6) is 0.302. The lowest BCUT2D eigenvalue weighted by Crippen LogP contribution is -1.97. The zero-order valence-electron chi connectivity index (χ0n) is 13.0. The van der Waals surface area contributed by atoms with E-state index in [2.05, 4.69) is 25.5 Å². The summed E-state index contributed by atoms with van der Waals surface area (Å²) in [6, 6.07) is 7.50. The van der Waals surface area contributed by atoms with Gasteiger partial charge in [0.1, 0.15) is 17.1 Å². The second-order valence-electron chi connectivity index (χ2n) is 4.59. The van der Waals surface area contributed by atoms with Gasteiger partial charge in [0.05, 0.1) is 18.5 Å². The van der Waals surface area contributed by atoms with Crippen molar-refractivity contribution in [3.63, 3.8) is 0 Å². The molecule has 3 rings (SSSR count). The maximum atomic E-state index is 14.2. The van der Waals surface area contributed by atoms with Crippen molar-refractivity contribution in [2.45, 2.75) is 22.7 Å². The van der Waals surface area contributed by atoms with Crippen LogP contribution in [0.2, 0.25) is 0 Å². The van der Waals surface area contributed by atoms with Crippen molar-refractivity contribution in [1.29, 1.82) is 0 Å². The summed E-state index contributed by atoms with van der Waals surface area (Å²) in [6.07, 6.45) is 1.87. The maximum Gasteiger partial charge on any atom is 0.211 e. The molecule has 0 saturated heterocycles. The molecule has 1 N–H and O–H groups in total. The van der Waals surface area contributed by atoms with Crippen molar-refractivity contribution in [3.8, 4) is 5.75 Å². The van der Waals surface area contributed by atoms with Crippen LogP contribution in [-0.2, 0) is 6.42 Å². The zero-order valence-corrected chi connectivity index (χ0v) is 14.6. The molecule has 0 atom stereocenters. The van der Waals surface area contributed by atoms with E-state index in [1.54, 1.807) is 7.11 Å². The summed E-state index contributed by atoms with van der Waals surface area (Å²) in [6.45, 7) is 1.85. The minimum Gasteiger partial charge on any atom is -0.495 e. The van der Waals surface area contributed by atoms with Crippen LogP contribution in [0, 0.1) is 5.82 Å². The fraction of sp³-hybridized carbons (Fsp3) is 0.200. The minimum absolute atomic E-state index is 0.252. The van der Waals surface area contributed by atoms with Gasteiger partial charge in [-0.3, -0.25) is 0 Å². The Morgan fingerprint density at radius 2 is 2.08 bits per heavy atom. The largest absolute Gasteiger partial charge is 0.495 e. The summed E-state index contributed by atoms with van der Waals surface area (Å²) in [4.78, 5) is 7.90. The SMILES string of the molecule is CCc1ncnc(Sc2nnc(Nc3ccccc3OC)s2)c1F. The van der Waals surface area contributed by atoms with Crippen molar-refractivity contribution < 1.29 is 9.13 Å². The van der Waals surface area contributed by atoms with E-state index in [9.17, 15) is 4.39 Å². The Morgan fingerprint density at radius 1 is 1.25 bits per heavy atom. The number of anilines is 2. The fourth-order valence-corrected chi connectivity index (χ4v) is 3.64. The summed E-state index contributed by atoms with van der Waals surface area (Å²) in [5, 5.41) is 12.1. The van der Waals surface area contributed by atoms with Gasteiger partial charge in [-0.05, 0) is 30.3 Å². The molecule has 0 aliphatic heterocycles. The highest BCUT2D eigenvalue weighted by atomic mass is 32.2. The molecular weight excluding hydrogens is 349 g/mol. The van der Waals surface area contributed by atoms with Crippen LogP contribution < -0.4 is 10.1 Å². The third-order valence-corrected chi connectivity index (χ3v) is 4.97. The van der Waals surface area contributed by atoms with E-state index in [-0.39, 0.29) is 5.03 Å². The summed E-state index contributed by atoms with van der Waals surface area (Å²) in [5.41, 5.74) is 1.18. The van der Waals surface area contributed by atoms with E-state index in [0.717, 1.165) is 17.4 Å². The second-order valence-corrected chi connectivity index (χ2v) is 6.81. The van der Waals surface area contributed by atoms with E-state index in [1.807, 2.05) is 31.2 Å². The third-order valence-electron chi connectivity index (χ3n) is 3.10.